The van der Waals surface area contributed by atoms with Crippen LogP contribution in [0.4, 0.5) is 5.82 Å². The highest BCUT2D eigenvalue weighted by Crippen LogP contribution is 2.27. The number of nitrogens with zero attached hydrogens (tertiary/aromatic N) is 5. The summed E-state index contributed by atoms with van der Waals surface area (Å²) in [6, 6.07) is 6.12. The van der Waals surface area contributed by atoms with Crippen molar-refractivity contribution >= 4 is 5.82 Å². The van der Waals surface area contributed by atoms with Crippen molar-refractivity contribution < 1.29 is 9.47 Å². The predicted molar refractivity (Wildman–Crippen MR) is 108 cm³/mol. The van der Waals surface area contributed by atoms with E-state index < -0.39 is 0 Å². The predicted octanol–water partition coefficient (Wildman–Crippen LogP) is 2.14. The van der Waals surface area contributed by atoms with Gasteiger partial charge in [-0.2, -0.15) is 5.10 Å². The number of rotatable bonds is 7. The summed E-state index contributed by atoms with van der Waals surface area (Å²) in [5.74, 6) is 1.22. The third kappa shape index (κ3) is 4.54. The molecule has 0 bridgehead atoms. The van der Waals surface area contributed by atoms with Crippen molar-refractivity contribution in [1.82, 2.24) is 19.7 Å². The lowest BCUT2D eigenvalue weighted by molar-refractivity contribution is 0.0674. The zero-order chi connectivity index (χ0) is 19.3. The smallest absolute Gasteiger partial charge is 0.131 e. The van der Waals surface area contributed by atoms with E-state index in [1.165, 1.54) is 11.4 Å². The van der Waals surface area contributed by atoms with Gasteiger partial charge in [0.2, 0.25) is 0 Å². The third-order valence-electron chi connectivity index (χ3n) is 5.60. The Labute approximate surface area is 167 Å². The van der Waals surface area contributed by atoms with E-state index in [0.29, 0.717) is 6.10 Å². The number of aromatic nitrogens is 3. The van der Waals surface area contributed by atoms with Gasteiger partial charge in [0.25, 0.3) is 0 Å². The summed E-state index contributed by atoms with van der Waals surface area (Å²) in [6.07, 6.45) is 4.48. The molecular formula is C21H31N5O2. The molecule has 2 aromatic heterocycles. The number of anilines is 1. The fraction of sp³-hybridized carbons (Fsp3) is 0.619. The quantitative estimate of drug-likeness (QED) is 0.728. The van der Waals surface area contributed by atoms with Gasteiger partial charge in [-0.1, -0.05) is 6.07 Å². The molecule has 4 rings (SSSR count). The van der Waals surface area contributed by atoms with Crippen molar-refractivity contribution in [2.24, 2.45) is 7.05 Å². The Bertz CT molecular complexity index is 752. The van der Waals surface area contributed by atoms with Crippen LogP contribution in [0.1, 0.15) is 29.8 Å². The summed E-state index contributed by atoms with van der Waals surface area (Å²) in [4.78, 5) is 9.42. The molecule has 0 N–H and O–H groups in total. The van der Waals surface area contributed by atoms with Gasteiger partial charge in [0.1, 0.15) is 5.82 Å². The van der Waals surface area contributed by atoms with E-state index in [1.54, 1.807) is 0 Å². The number of morpholine rings is 1. The summed E-state index contributed by atoms with van der Waals surface area (Å²) in [5, 5.41) is 4.74. The highest BCUT2D eigenvalue weighted by molar-refractivity contribution is 5.50. The maximum Gasteiger partial charge on any atom is 0.131 e. The topological polar surface area (TPSA) is 55.7 Å². The van der Waals surface area contributed by atoms with E-state index in [9.17, 15) is 0 Å². The molecule has 0 spiro atoms. The summed E-state index contributed by atoms with van der Waals surface area (Å²) < 4.78 is 13.5. The maximum absolute atomic E-state index is 5.93. The first-order chi connectivity index (χ1) is 13.7. The lowest BCUT2D eigenvalue weighted by atomic mass is 10.1. The Morgan fingerprint density at radius 1 is 1.18 bits per heavy atom. The SMILES string of the molecule is Cc1nn(C)c(N2CCOCC2)c1CN(Cc1ccccn1)CC1CCCO1. The number of hydrogen-bond acceptors (Lipinski definition) is 6. The van der Waals surface area contributed by atoms with E-state index >= 15 is 0 Å². The second kappa shape index (κ2) is 9.03. The van der Waals surface area contributed by atoms with E-state index in [0.717, 1.165) is 76.8 Å². The van der Waals surface area contributed by atoms with Gasteiger partial charge < -0.3 is 14.4 Å². The standard InChI is InChI=1S/C21H31N5O2/c1-17-20(21(24(2)23-17)26-9-12-27-13-10-26)16-25(15-19-7-5-11-28-19)14-18-6-3-4-8-22-18/h3-4,6,8,19H,5,7,9-16H2,1-2H3. The van der Waals surface area contributed by atoms with Crippen LogP contribution in [0.2, 0.25) is 0 Å². The highest BCUT2D eigenvalue weighted by atomic mass is 16.5. The highest BCUT2D eigenvalue weighted by Gasteiger charge is 2.25. The average molecular weight is 386 g/mol. The Balaban J connectivity index is 1.56. The van der Waals surface area contributed by atoms with Gasteiger partial charge in [-0.05, 0) is 31.9 Å². The van der Waals surface area contributed by atoms with Gasteiger partial charge in [0.05, 0.1) is 30.7 Å². The maximum atomic E-state index is 5.93. The molecule has 152 valence electrons. The first kappa shape index (κ1) is 19.4. The van der Waals surface area contributed by atoms with E-state index in [-0.39, 0.29) is 0 Å². The molecule has 7 heteroatoms. The van der Waals surface area contributed by atoms with Gasteiger partial charge >= 0.3 is 0 Å². The zero-order valence-corrected chi connectivity index (χ0v) is 17.0. The molecule has 2 aliphatic rings. The molecule has 0 aromatic carbocycles. The molecule has 2 fully saturated rings. The first-order valence-corrected chi connectivity index (χ1v) is 10.3. The molecule has 0 radical (unpaired) electrons. The summed E-state index contributed by atoms with van der Waals surface area (Å²) in [5.41, 5.74) is 3.50. The molecule has 2 saturated heterocycles. The van der Waals surface area contributed by atoms with Gasteiger partial charge in [0.15, 0.2) is 0 Å². The van der Waals surface area contributed by atoms with Crippen LogP contribution in [0, 0.1) is 6.92 Å². The average Bonchev–Trinajstić information content (AvgIpc) is 3.31. The number of pyridine rings is 1. The summed E-state index contributed by atoms with van der Waals surface area (Å²) in [6.45, 7) is 8.97. The van der Waals surface area contributed by atoms with Crippen LogP contribution in [0.5, 0.6) is 0 Å². The second-order valence-electron chi connectivity index (χ2n) is 7.74. The molecule has 0 aliphatic carbocycles. The molecule has 2 aliphatic heterocycles. The van der Waals surface area contributed by atoms with E-state index in [2.05, 4.69) is 33.8 Å². The van der Waals surface area contributed by atoms with Crippen molar-refractivity contribution in [2.75, 3.05) is 44.4 Å². The van der Waals surface area contributed by atoms with Crippen molar-refractivity contribution in [2.45, 2.75) is 39.0 Å². The molecule has 0 saturated carbocycles. The zero-order valence-electron chi connectivity index (χ0n) is 17.0. The van der Waals surface area contributed by atoms with Crippen LogP contribution in [-0.2, 0) is 29.6 Å². The molecule has 4 heterocycles. The van der Waals surface area contributed by atoms with Crippen LogP contribution in [0.15, 0.2) is 24.4 Å². The Kier molecular flexibility index (Phi) is 6.24. The Morgan fingerprint density at radius 3 is 2.75 bits per heavy atom. The minimum Gasteiger partial charge on any atom is -0.378 e. The van der Waals surface area contributed by atoms with Crippen molar-refractivity contribution in [3.63, 3.8) is 0 Å². The van der Waals surface area contributed by atoms with Crippen molar-refractivity contribution in [3.8, 4) is 0 Å². The lowest BCUT2D eigenvalue weighted by Gasteiger charge is -2.31. The minimum absolute atomic E-state index is 0.313. The normalized spacial score (nSPS) is 20.2. The molecule has 1 unspecified atom stereocenters. The van der Waals surface area contributed by atoms with E-state index in [1.807, 2.05) is 24.0 Å². The van der Waals surface area contributed by atoms with Crippen LogP contribution in [0.25, 0.3) is 0 Å². The number of aryl methyl sites for hydroxylation is 2. The molecule has 28 heavy (non-hydrogen) atoms. The Morgan fingerprint density at radius 2 is 2.04 bits per heavy atom. The minimum atomic E-state index is 0.313. The van der Waals surface area contributed by atoms with Crippen molar-refractivity contribution in [1.29, 1.82) is 0 Å². The number of ether oxygens (including phenoxy) is 2. The molecule has 1 atom stereocenters. The summed E-state index contributed by atoms with van der Waals surface area (Å²) in [7, 11) is 2.05. The van der Waals surface area contributed by atoms with Crippen LogP contribution >= 0.6 is 0 Å². The molecular weight excluding hydrogens is 354 g/mol. The summed E-state index contributed by atoms with van der Waals surface area (Å²) >= 11 is 0. The molecule has 7 nitrogen and oxygen atoms in total. The van der Waals surface area contributed by atoms with Gasteiger partial charge in [-0.3, -0.25) is 14.6 Å². The number of hydrogen-bond donors (Lipinski definition) is 0. The van der Waals surface area contributed by atoms with E-state index in [4.69, 9.17) is 14.6 Å². The lowest BCUT2D eigenvalue weighted by Crippen LogP contribution is -2.38. The first-order valence-electron chi connectivity index (χ1n) is 10.3. The van der Waals surface area contributed by atoms with Gasteiger partial charge in [-0.25, -0.2) is 0 Å². The molecule has 2 aromatic rings. The van der Waals surface area contributed by atoms with Crippen LogP contribution < -0.4 is 4.90 Å². The largest absolute Gasteiger partial charge is 0.378 e. The van der Waals surface area contributed by atoms with Crippen LogP contribution in [0.3, 0.4) is 0 Å². The Hall–Kier alpha value is -1.96. The second-order valence-corrected chi connectivity index (χ2v) is 7.74. The van der Waals surface area contributed by atoms with Crippen molar-refractivity contribution in [3.05, 3.63) is 41.3 Å². The van der Waals surface area contributed by atoms with Gasteiger partial charge in [-0.15, -0.1) is 0 Å². The van der Waals surface area contributed by atoms with Crippen LogP contribution in [-0.4, -0.2) is 65.2 Å². The fourth-order valence-electron chi connectivity index (χ4n) is 4.25. The molecule has 0 amide bonds. The monoisotopic (exact) mass is 385 g/mol. The van der Waals surface area contributed by atoms with Gasteiger partial charge in [0, 0.05) is 58.1 Å². The third-order valence-corrected chi connectivity index (χ3v) is 5.60. The fourth-order valence-corrected chi connectivity index (χ4v) is 4.25.